The fraction of sp³-hybridized carbons (Fsp3) is 0.0800. The Labute approximate surface area is 454 Å². The van der Waals surface area contributed by atoms with Crippen molar-refractivity contribution >= 4 is 139 Å². The second kappa shape index (κ2) is 21.7. The van der Waals surface area contributed by atoms with Crippen LogP contribution in [0.3, 0.4) is 0 Å². The number of hydrogen-bond donors (Lipinski definition) is 7. The Morgan fingerprint density at radius 2 is 0.950 bits per heavy atom. The first kappa shape index (κ1) is 56.3. The molecule has 412 valence electrons. The van der Waals surface area contributed by atoms with Gasteiger partial charge in [-0.25, -0.2) is 0 Å². The van der Waals surface area contributed by atoms with Gasteiger partial charge in [0.1, 0.15) is 22.1 Å². The van der Waals surface area contributed by atoms with E-state index < -0.39 is 87.4 Å². The number of nitrogens with zero attached hydrogens (tertiary/aromatic N) is 6. The van der Waals surface area contributed by atoms with E-state index in [4.69, 9.17) is 14.0 Å². The predicted molar refractivity (Wildman–Crippen MR) is 292 cm³/mol. The number of hydrogen-bond acceptors (Lipinski definition) is 20. The lowest BCUT2D eigenvalue weighted by Crippen LogP contribution is -2.09. The van der Waals surface area contributed by atoms with Crippen molar-refractivity contribution in [1.82, 2.24) is 0 Å². The summed E-state index contributed by atoms with van der Waals surface area (Å²) in [6.45, 7) is -0.250. The van der Waals surface area contributed by atoms with Crippen LogP contribution >= 0.6 is 0 Å². The standard InChI is InChI=1S/C50H39N7O18S5/c1-74-33-7-3-30(4-8-33)51-31-5-12-38-29(21-31)24-48(80(71,72)73)49(50(38)58)57-56-46-18-16-44(40-14-10-35(26-42(40)46)78(65,66)67)54-55-45-17-15-43(39-13-9-34(25-41(39)45)77(62,63)64)53-52-32-6-11-37-28(22-32)23-36(79(68,69)70)27-47(37)75-19-2-20-76(59,60)61/h3-18,21-27,51,58H,2,19-20H2,1H3,(H,59,60,61)(H,62,63,64)(H,65,66,67)(H,68,69,70)(H,71,72,73). The van der Waals surface area contributed by atoms with E-state index in [1.54, 1.807) is 30.3 Å². The molecule has 0 radical (unpaired) electrons. The van der Waals surface area contributed by atoms with Crippen molar-refractivity contribution in [2.45, 2.75) is 26.0 Å². The molecule has 0 aliphatic heterocycles. The Hall–Kier alpha value is -8.43. The number of anilines is 2. The molecule has 0 amide bonds. The van der Waals surface area contributed by atoms with Crippen LogP contribution in [0.1, 0.15) is 6.42 Å². The number of phenols is 1. The van der Waals surface area contributed by atoms with Gasteiger partial charge in [0, 0.05) is 49.8 Å². The lowest BCUT2D eigenvalue weighted by molar-refractivity contribution is 0.319. The zero-order valence-corrected chi connectivity index (χ0v) is 44.8. The van der Waals surface area contributed by atoms with E-state index >= 15 is 0 Å². The molecule has 0 aliphatic carbocycles. The first-order valence-corrected chi connectivity index (χ1v) is 30.2. The van der Waals surface area contributed by atoms with Gasteiger partial charge >= 0.3 is 0 Å². The molecule has 0 saturated carbocycles. The molecular weight excluding hydrogens is 1150 g/mol. The van der Waals surface area contributed by atoms with Crippen LogP contribution in [0, 0.1) is 0 Å². The Morgan fingerprint density at radius 3 is 1.49 bits per heavy atom. The van der Waals surface area contributed by atoms with Gasteiger partial charge < -0.3 is 19.9 Å². The summed E-state index contributed by atoms with van der Waals surface area (Å²) < 4.78 is 182. The van der Waals surface area contributed by atoms with Crippen molar-refractivity contribution in [3.8, 4) is 17.2 Å². The fourth-order valence-electron chi connectivity index (χ4n) is 8.20. The Balaban J connectivity index is 1.07. The molecule has 9 aromatic rings. The number of azo groups is 3. The van der Waals surface area contributed by atoms with E-state index in [1.807, 2.05) is 0 Å². The highest BCUT2D eigenvalue weighted by molar-refractivity contribution is 7.86. The normalized spacial score (nSPS) is 12.9. The molecule has 0 fully saturated rings. The minimum Gasteiger partial charge on any atom is -0.505 e. The maximum atomic E-state index is 12.8. The van der Waals surface area contributed by atoms with Crippen molar-refractivity contribution < 1.29 is 79.4 Å². The topological polar surface area (TPSA) is 397 Å². The van der Waals surface area contributed by atoms with Gasteiger partial charge in [-0.05, 0) is 139 Å². The highest BCUT2D eigenvalue weighted by Crippen LogP contribution is 2.45. The van der Waals surface area contributed by atoms with Crippen LogP contribution in [0.5, 0.6) is 17.2 Å². The highest BCUT2D eigenvalue weighted by Gasteiger charge is 2.24. The van der Waals surface area contributed by atoms with E-state index in [0.29, 0.717) is 22.5 Å². The molecule has 7 N–H and O–H groups in total. The lowest BCUT2D eigenvalue weighted by Gasteiger charge is -2.12. The molecule has 0 atom stereocenters. The van der Waals surface area contributed by atoms with Gasteiger partial charge in [-0.2, -0.15) is 47.2 Å². The number of phenolic OH excluding ortho intramolecular Hbond substituents is 1. The summed E-state index contributed by atoms with van der Waals surface area (Å²) in [4.78, 5) is -2.54. The first-order valence-electron chi connectivity index (χ1n) is 22.8. The molecule has 0 aliphatic rings. The maximum absolute atomic E-state index is 12.8. The number of fused-ring (bicyclic) bond motifs is 4. The molecule has 25 nitrogen and oxygen atoms in total. The maximum Gasteiger partial charge on any atom is 0.296 e. The minimum absolute atomic E-state index is 0.00311. The van der Waals surface area contributed by atoms with Crippen LogP contribution < -0.4 is 14.8 Å². The number of aromatic hydroxyl groups is 1. The Bertz CT molecular complexity index is 4720. The molecule has 0 aromatic heterocycles. The summed E-state index contributed by atoms with van der Waals surface area (Å²) in [6, 6.07) is 31.3. The molecule has 0 unspecified atom stereocenters. The number of ether oxygens (including phenoxy) is 2. The van der Waals surface area contributed by atoms with Crippen molar-refractivity contribution in [2.24, 2.45) is 30.7 Å². The number of rotatable bonds is 18. The SMILES string of the molecule is COc1ccc(Nc2ccc3c(O)c(N=Nc4ccc(N=Nc5ccc(N=Nc6ccc7c(OCCCS(=O)(=O)O)cc(S(=O)(=O)O)cc7c6)c6ccc(S(=O)(=O)O)cc56)c5ccc(S(=O)(=O)O)cc45)c(S(=O)(=O)O)cc3c2)cc1. The fourth-order valence-corrected chi connectivity index (χ4v) is 10.9. The summed E-state index contributed by atoms with van der Waals surface area (Å²) in [5, 5.41) is 41.2. The van der Waals surface area contributed by atoms with Gasteiger partial charge in [-0.15, -0.1) is 25.6 Å². The quantitative estimate of drug-likeness (QED) is 0.0238. The highest BCUT2D eigenvalue weighted by atomic mass is 32.2. The van der Waals surface area contributed by atoms with Gasteiger partial charge in [0.2, 0.25) is 0 Å². The molecule has 30 heteroatoms. The smallest absolute Gasteiger partial charge is 0.296 e. The van der Waals surface area contributed by atoms with E-state index in [-0.39, 0.29) is 84.9 Å². The summed E-state index contributed by atoms with van der Waals surface area (Å²) in [6.07, 6.45) is -0.150. The zero-order chi connectivity index (χ0) is 57.5. The van der Waals surface area contributed by atoms with E-state index in [0.717, 1.165) is 42.5 Å². The molecule has 80 heavy (non-hydrogen) atoms. The lowest BCUT2D eigenvalue weighted by atomic mass is 10.1. The van der Waals surface area contributed by atoms with Crippen LogP contribution in [-0.4, -0.2) is 89.4 Å². The summed E-state index contributed by atoms with van der Waals surface area (Å²) in [5.41, 5.74) is 0.574. The van der Waals surface area contributed by atoms with Crippen molar-refractivity contribution in [3.05, 3.63) is 140 Å². The third-order valence-electron chi connectivity index (χ3n) is 12.0. The molecule has 0 spiro atoms. The van der Waals surface area contributed by atoms with Gasteiger partial charge in [0.15, 0.2) is 5.75 Å². The predicted octanol–water partition coefficient (Wildman–Crippen LogP) is 11.6. The van der Waals surface area contributed by atoms with Crippen molar-refractivity contribution in [1.29, 1.82) is 0 Å². The van der Waals surface area contributed by atoms with Crippen LogP contribution in [0.2, 0.25) is 0 Å². The van der Waals surface area contributed by atoms with Crippen molar-refractivity contribution in [2.75, 3.05) is 24.8 Å². The third-order valence-corrected chi connectivity index (χ3v) is 16.2. The molecular formula is C50H39N7O18S5. The van der Waals surface area contributed by atoms with Gasteiger partial charge in [0.25, 0.3) is 50.6 Å². The third kappa shape index (κ3) is 12.7. The monoisotopic (exact) mass is 1190 g/mol. The van der Waals surface area contributed by atoms with E-state index in [2.05, 4.69) is 36.0 Å². The second-order valence-corrected chi connectivity index (χ2v) is 24.5. The summed E-state index contributed by atoms with van der Waals surface area (Å²) in [5.74, 6) is -0.750. The molecule has 0 heterocycles. The summed E-state index contributed by atoms with van der Waals surface area (Å²) >= 11 is 0. The van der Waals surface area contributed by atoms with Crippen molar-refractivity contribution in [3.63, 3.8) is 0 Å². The second-order valence-electron chi connectivity index (χ2n) is 17.3. The Kier molecular flexibility index (Phi) is 15.2. The molecule has 0 bridgehead atoms. The van der Waals surface area contributed by atoms with E-state index in [9.17, 15) is 65.4 Å². The number of benzene rings is 9. The van der Waals surface area contributed by atoms with Crippen LogP contribution in [0.25, 0.3) is 43.1 Å². The minimum atomic E-state index is -5.10. The zero-order valence-electron chi connectivity index (χ0n) is 40.7. The summed E-state index contributed by atoms with van der Waals surface area (Å²) in [7, 11) is -22.3. The van der Waals surface area contributed by atoms with Gasteiger partial charge in [-0.3, -0.25) is 22.8 Å². The molecule has 0 saturated heterocycles. The van der Waals surface area contributed by atoms with Crippen LogP contribution in [0.4, 0.5) is 45.5 Å². The Morgan fingerprint density at radius 1 is 0.450 bits per heavy atom. The molecule has 9 aromatic carbocycles. The first-order chi connectivity index (χ1) is 37.6. The van der Waals surface area contributed by atoms with Gasteiger partial charge in [-0.1, -0.05) is 12.1 Å². The average molecular weight is 1190 g/mol. The average Bonchev–Trinajstić information content (AvgIpc) is 3.42. The van der Waals surface area contributed by atoms with Crippen LogP contribution in [0.15, 0.2) is 190 Å². The largest absolute Gasteiger partial charge is 0.505 e. The van der Waals surface area contributed by atoms with E-state index in [1.165, 1.54) is 73.8 Å². The molecule has 9 rings (SSSR count). The van der Waals surface area contributed by atoms with Gasteiger partial charge in [0.05, 0.1) is 62.6 Å². The number of nitrogens with one attached hydrogen (secondary N) is 1. The van der Waals surface area contributed by atoms with Crippen LogP contribution in [-0.2, 0) is 50.6 Å². The number of methoxy groups -OCH3 is 1.